The molecule has 1 aromatic carbocycles. The SMILES string of the molecule is COc1cc(CCN=C=O)cc(Br)c1OC. The molecule has 86 valence electrons. The molecule has 1 aromatic rings. The molecule has 0 aromatic heterocycles. The molecule has 0 amide bonds. The summed E-state index contributed by atoms with van der Waals surface area (Å²) < 4.78 is 11.2. The van der Waals surface area contributed by atoms with Gasteiger partial charge in [-0.15, -0.1) is 0 Å². The molecule has 5 heteroatoms. The maximum atomic E-state index is 9.94. The molecule has 1 rings (SSSR count). The fourth-order valence-corrected chi connectivity index (χ4v) is 2.00. The Morgan fingerprint density at radius 2 is 2.12 bits per heavy atom. The van der Waals surface area contributed by atoms with Crippen molar-refractivity contribution in [3.05, 3.63) is 22.2 Å². The van der Waals surface area contributed by atoms with Crippen LogP contribution in [0.15, 0.2) is 21.6 Å². The lowest BCUT2D eigenvalue weighted by Gasteiger charge is -2.11. The summed E-state index contributed by atoms with van der Waals surface area (Å²) in [5.41, 5.74) is 1.02. The van der Waals surface area contributed by atoms with Gasteiger partial charge in [-0.2, -0.15) is 0 Å². The largest absolute Gasteiger partial charge is 0.493 e. The first-order chi connectivity index (χ1) is 7.72. The van der Waals surface area contributed by atoms with E-state index >= 15 is 0 Å². The highest BCUT2D eigenvalue weighted by molar-refractivity contribution is 9.10. The van der Waals surface area contributed by atoms with Gasteiger partial charge in [0.05, 0.1) is 25.2 Å². The number of hydrogen-bond acceptors (Lipinski definition) is 4. The van der Waals surface area contributed by atoms with E-state index in [4.69, 9.17) is 9.47 Å². The molecule has 0 spiro atoms. The lowest BCUT2D eigenvalue weighted by molar-refractivity contribution is 0.352. The molecule has 4 nitrogen and oxygen atoms in total. The first-order valence-corrected chi connectivity index (χ1v) is 5.46. The van der Waals surface area contributed by atoms with Gasteiger partial charge in [-0.3, -0.25) is 0 Å². The number of nitrogens with zero attached hydrogens (tertiary/aromatic N) is 1. The van der Waals surface area contributed by atoms with Crippen molar-refractivity contribution in [3.8, 4) is 11.5 Å². The van der Waals surface area contributed by atoms with Crippen molar-refractivity contribution in [3.63, 3.8) is 0 Å². The highest BCUT2D eigenvalue weighted by Gasteiger charge is 2.09. The zero-order valence-electron chi connectivity index (χ0n) is 9.12. The third kappa shape index (κ3) is 3.08. The number of carbonyl (C=O) groups excluding carboxylic acids is 1. The maximum Gasteiger partial charge on any atom is 0.234 e. The van der Waals surface area contributed by atoms with Gasteiger partial charge < -0.3 is 9.47 Å². The summed E-state index contributed by atoms with van der Waals surface area (Å²) in [7, 11) is 3.16. The van der Waals surface area contributed by atoms with Gasteiger partial charge in [0.1, 0.15) is 0 Å². The minimum atomic E-state index is 0.422. The molecule has 16 heavy (non-hydrogen) atoms. The summed E-state index contributed by atoms with van der Waals surface area (Å²) in [5.74, 6) is 1.31. The molecule has 0 radical (unpaired) electrons. The second kappa shape index (κ2) is 6.30. The molecule has 0 aliphatic carbocycles. The van der Waals surface area contributed by atoms with E-state index in [9.17, 15) is 4.79 Å². The van der Waals surface area contributed by atoms with Crippen molar-refractivity contribution >= 4 is 22.0 Å². The summed E-state index contributed by atoms with van der Waals surface area (Å²) in [6.07, 6.45) is 2.17. The molecule has 0 saturated heterocycles. The van der Waals surface area contributed by atoms with Crippen LogP contribution in [-0.4, -0.2) is 26.8 Å². The van der Waals surface area contributed by atoms with E-state index < -0.39 is 0 Å². The zero-order valence-corrected chi connectivity index (χ0v) is 10.7. The van der Waals surface area contributed by atoms with Gasteiger partial charge in [-0.05, 0) is 40.0 Å². The second-order valence-corrected chi connectivity index (χ2v) is 3.89. The first-order valence-electron chi connectivity index (χ1n) is 4.67. The van der Waals surface area contributed by atoms with Crippen LogP contribution >= 0.6 is 15.9 Å². The normalized spacial score (nSPS) is 9.44. The Hall–Kier alpha value is -1.32. The number of hydrogen-bond donors (Lipinski definition) is 0. The summed E-state index contributed by atoms with van der Waals surface area (Å²) in [6.45, 7) is 0.422. The van der Waals surface area contributed by atoms with Crippen LogP contribution in [0.1, 0.15) is 5.56 Å². The van der Waals surface area contributed by atoms with E-state index in [1.807, 2.05) is 12.1 Å². The van der Waals surface area contributed by atoms with Gasteiger partial charge in [0.15, 0.2) is 11.5 Å². The Balaban J connectivity index is 2.95. The number of ether oxygens (including phenoxy) is 2. The topological polar surface area (TPSA) is 47.9 Å². The molecule has 0 heterocycles. The van der Waals surface area contributed by atoms with Gasteiger partial charge in [-0.1, -0.05) is 0 Å². The number of methoxy groups -OCH3 is 2. The summed E-state index contributed by atoms with van der Waals surface area (Å²) in [6, 6.07) is 3.78. The number of rotatable bonds is 5. The molecule has 0 saturated carbocycles. The van der Waals surface area contributed by atoms with E-state index in [1.54, 1.807) is 14.2 Å². The van der Waals surface area contributed by atoms with Crippen molar-refractivity contribution in [1.82, 2.24) is 0 Å². The average molecular weight is 286 g/mol. The predicted molar refractivity (Wildman–Crippen MR) is 63.9 cm³/mol. The molecule has 0 N–H and O–H groups in total. The van der Waals surface area contributed by atoms with Crippen LogP contribution in [0.4, 0.5) is 0 Å². The van der Waals surface area contributed by atoms with Crippen LogP contribution in [0.3, 0.4) is 0 Å². The quantitative estimate of drug-likeness (QED) is 0.616. The van der Waals surface area contributed by atoms with Crippen LogP contribution in [0.2, 0.25) is 0 Å². The summed E-state index contributed by atoms with van der Waals surface area (Å²) >= 11 is 3.39. The van der Waals surface area contributed by atoms with E-state index in [1.165, 1.54) is 6.08 Å². The molecular weight excluding hydrogens is 274 g/mol. The van der Waals surface area contributed by atoms with Crippen molar-refractivity contribution < 1.29 is 14.3 Å². The monoisotopic (exact) mass is 285 g/mol. The van der Waals surface area contributed by atoms with Crippen molar-refractivity contribution in [1.29, 1.82) is 0 Å². The van der Waals surface area contributed by atoms with Crippen LogP contribution in [0.25, 0.3) is 0 Å². The van der Waals surface area contributed by atoms with Gasteiger partial charge >= 0.3 is 0 Å². The van der Waals surface area contributed by atoms with Gasteiger partial charge in [-0.25, -0.2) is 9.79 Å². The molecule has 0 aliphatic heterocycles. The zero-order chi connectivity index (χ0) is 12.0. The van der Waals surface area contributed by atoms with E-state index in [-0.39, 0.29) is 0 Å². The number of benzene rings is 1. The Bertz CT molecular complexity index is 414. The number of aliphatic imine (C=N–C) groups is 1. The van der Waals surface area contributed by atoms with Gasteiger partial charge in [0.2, 0.25) is 6.08 Å². The Kier molecular flexibility index (Phi) is 5.02. The fourth-order valence-electron chi connectivity index (χ4n) is 1.35. The molecule has 0 atom stereocenters. The van der Waals surface area contributed by atoms with E-state index in [0.29, 0.717) is 24.5 Å². The van der Waals surface area contributed by atoms with Crippen molar-refractivity contribution in [2.24, 2.45) is 4.99 Å². The smallest absolute Gasteiger partial charge is 0.234 e. The van der Waals surface area contributed by atoms with E-state index in [2.05, 4.69) is 20.9 Å². The van der Waals surface area contributed by atoms with Crippen LogP contribution in [0.5, 0.6) is 11.5 Å². The molecule has 0 unspecified atom stereocenters. The van der Waals surface area contributed by atoms with Crippen LogP contribution in [0, 0.1) is 0 Å². The first kappa shape index (κ1) is 12.7. The lowest BCUT2D eigenvalue weighted by atomic mass is 10.1. The van der Waals surface area contributed by atoms with Crippen molar-refractivity contribution in [2.75, 3.05) is 20.8 Å². The minimum absolute atomic E-state index is 0.422. The summed E-state index contributed by atoms with van der Waals surface area (Å²) in [4.78, 5) is 13.4. The highest BCUT2D eigenvalue weighted by atomic mass is 79.9. The predicted octanol–water partition coefficient (Wildman–Crippen LogP) is 2.34. The third-order valence-electron chi connectivity index (χ3n) is 2.07. The summed E-state index contributed by atoms with van der Waals surface area (Å²) in [5, 5.41) is 0. The third-order valence-corrected chi connectivity index (χ3v) is 2.66. The second-order valence-electron chi connectivity index (χ2n) is 3.04. The van der Waals surface area contributed by atoms with Crippen LogP contribution < -0.4 is 9.47 Å². The maximum absolute atomic E-state index is 9.94. The van der Waals surface area contributed by atoms with E-state index in [0.717, 1.165) is 10.0 Å². The van der Waals surface area contributed by atoms with Gasteiger partial charge in [0.25, 0.3) is 0 Å². The lowest BCUT2D eigenvalue weighted by Crippen LogP contribution is -1.95. The molecular formula is C11H12BrNO3. The van der Waals surface area contributed by atoms with Crippen molar-refractivity contribution in [2.45, 2.75) is 6.42 Å². The highest BCUT2D eigenvalue weighted by Crippen LogP contribution is 2.36. The number of isocyanates is 1. The average Bonchev–Trinajstić information content (AvgIpc) is 2.28. The number of halogens is 1. The fraction of sp³-hybridized carbons (Fsp3) is 0.364. The Morgan fingerprint density at radius 1 is 1.38 bits per heavy atom. The molecule has 0 bridgehead atoms. The molecule has 0 aliphatic rings. The Morgan fingerprint density at radius 3 is 2.69 bits per heavy atom. The Labute approximate surface area is 102 Å². The minimum Gasteiger partial charge on any atom is -0.493 e. The van der Waals surface area contributed by atoms with Gasteiger partial charge in [0, 0.05) is 0 Å². The molecule has 0 fully saturated rings. The van der Waals surface area contributed by atoms with Crippen LogP contribution in [-0.2, 0) is 11.2 Å². The standard InChI is InChI=1S/C11H12BrNO3/c1-15-10-6-8(3-4-13-7-14)5-9(12)11(10)16-2/h5-6H,3-4H2,1-2H3.